The van der Waals surface area contributed by atoms with Gasteiger partial charge in [0, 0.05) is 5.92 Å². The summed E-state index contributed by atoms with van der Waals surface area (Å²) in [4.78, 5) is 42.4. The van der Waals surface area contributed by atoms with Crippen LogP contribution in [-0.4, -0.2) is 29.5 Å². The summed E-state index contributed by atoms with van der Waals surface area (Å²) in [6, 6.07) is 21.7. The van der Waals surface area contributed by atoms with Crippen molar-refractivity contribution in [1.29, 1.82) is 0 Å². The minimum atomic E-state index is -1.62. The third-order valence-electron chi connectivity index (χ3n) is 8.32. The average Bonchev–Trinajstić information content (AvgIpc) is 3.19. The quantitative estimate of drug-likeness (QED) is 0.340. The molecule has 0 aromatic heterocycles. The number of carboxylic acid groups (broad SMARTS) is 1. The molecule has 1 aliphatic heterocycles. The summed E-state index contributed by atoms with van der Waals surface area (Å²) in [6.45, 7) is 2.78. The second kappa shape index (κ2) is 8.87. The molecule has 7 rings (SSSR count). The number of benzene rings is 3. The molecule has 1 fully saturated rings. The van der Waals surface area contributed by atoms with Crippen LogP contribution in [0.5, 0.6) is 5.75 Å². The molecule has 1 N–H and O–H groups in total. The number of unbranched alkanes of at least 4 members (excludes halogenated alkanes) is 3. The van der Waals surface area contributed by atoms with Gasteiger partial charge in [-0.25, -0.2) is 4.90 Å². The van der Waals surface area contributed by atoms with E-state index in [1.807, 2.05) is 36.4 Å². The summed E-state index contributed by atoms with van der Waals surface area (Å²) in [5, 5.41) is 10.8. The van der Waals surface area contributed by atoms with E-state index in [-0.39, 0.29) is 11.8 Å². The molecule has 6 nitrogen and oxygen atoms in total. The normalized spacial score (nSPS) is 25.0. The molecule has 2 amide bonds. The average molecular weight is 496 g/mol. The molecule has 2 bridgehead atoms. The molecule has 6 heteroatoms. The number of hydrogen-bond acceptors (Lipinski definition) is 4. The van der Waals surface area contributed by atoms with E-state index >= 15 is 0 Å². The van der Waals surface area contributed by atoms with Gasteiger partial charge in [0.05, 0.1) is 24.1 Å². The van der Waals surface area contributed by atoms with E-state index in [9.17, 15) is 19.5 Å². The maximum absolute atomic E-state index is 14.0. The molecule has 1 heterocycles. The first kappa shape index (κ1) is 23.5. The Balaban J connectivity index is 1.39. The number of nitrogens with zero attached hydrogens (tertiary/aromatic N) is 1. The van der Waals surface area contributed by atoms with Crippen LogP contribution < -0.4 is 9.64 Å². The Labute approximate surface area is 215 Å². The lowest BCUT2D eigenvalue weighted by Crippen LogP contribution is -2.57. The number of ether oxygens (including phenoxy) is 1. The number of imide groups is 1. The van der Waals surface area contributed by atoms with E-state index in [4.69, 9.17) is 4.74 Å². The number of rotatable bonds is 8. The van der Waals surface area contributed by atoms with E-state index in [1.165, 1.54) is 11.3 Å². The van der Waals surface area contributed by atoms with Crippen molar-refractivity contribution in [2.75, 3.05) is 11.5 Å². The first-order valence-corrected chi connectivity index (χ1v) is 13.0. The van der Waals surface area contributed by atoms with E-state index < -0.39 is 29.1 Å². The zero-order valence-corrected chi connectivity index (χ0v) is 20.7. The second-order valence-electron chi connectivity index (χ2n) is 10.2. The van der Waals surface area contributed by atoms with Crippen LogP contribution in [0.25, 0.3) is 0 Å². The molecule has 3 aliphatic carbocycles. The van der Waals surface area contributed by atoms with Crippen molar-refractivity contribution in [3.8, 4) is 5.75 Å². The molecule has 0 spiro atoms. The predicted molar refractivity (Wildman–Crippen MR) is 139 cm³/mol. The highest BCUT2D eigenvalue weighted by molar-refractivity contribution is 6.25. The summed E-state index contributed by atoms with van der Waals surface area (Å²) in [7, 11) is 0. The van der Waals surface area contributed by atoms with E-state index in [2.05, 4.69) is 6.92 Å². The molecule has 3 aromatic carbocycles. The van der Waals surface area contributed by atoms with Gasteiger partial charge in [0.15, 0.2) is 0 Å². The first-order valence-electron chi connectivity index (χ1n) is 13.0. The van der Waals surface area contributed by atoms with E-state index in [0.717, 1.165) is 30.4 Å². The van der Waals surface area contributed by atoms with Crippen LogP contribution in [0.3, 0.4) is 0 Å². The number of hydrogen-bond donors (Lipinski definition) is 1. The number of carbonyl (C=O) groups is 3. The van der Waals surface area contributed by atoms with Gasteiger partial charge >= 0.3 is 5.97 Å². The van der Waals surface area contributed by atoms with Crippen LogP contribution >= 0.6 is 0 Å². The molecular weight excluding hydrogens is 466 g/mol. The third-order valence-corrected chi connectivity index (χ3v) is 8.32. The fourth-order valence-electron chi connectivity index (χ4n) is 6.80. The highest BCUT2D eigenvalue weighted by atomic mass is 16.5. The summed E-state index contributed by atoms with van der Waals surface area (Å²) >= 11 is 0. The fraction of sp³-hybridized carbons (Fsp3) is 0.323. The molecule has 0 radical (unpaired) electrons. The van der Waals surface area contributed by atoms with Crippen molar-refractivity contribution < 1.29 is 24.2 Å². The monoisotopic (exact) mass is 495 g/mol. The van der Waals surface area contributed by atoms with E-state index in [1.54, 1.807) is 36.4 Å². The highest BCUT2D eigenvalue weighted by Crippen LogP contribution is 2.64. The summed E-state index contributed by atoms with van der Waals surface area (Å²) in [6.07, 6.45) is 4.43. The Bertz CT molecular complexity index is 1350. The van der Waals surface area contributed by atoms with Gasteiger partial charge in [0.2, 0.25) is 11.8 Å². The van der Waals surface area contributed by atoms with Crippen LogP contribution in [0.15, 0.2) is 72.8 Å². The lowest BCUT2D eigenvalue weighted by atomic mass is 9.47. The molecule has 4 aliphatic rings. The number of carbonyl (C=O) groups excluding carboxylic acids is 2. The van der Waals surface area contributed by atoms with Gasteiger partial charge in [-0.3, -0.25) is 14.4 Å². The Kier molecular flexibility index (Phi) is 5.63. The zero-order valence-electron chi connectivity index (χ0n) is 20.7. The van der Waals surface area contributed by atoms with Crippen molar-refractivity contribution in [3.63, 3.8) is 0 Å². The molecule has 1 saturated heterocycles. The van der Waals surface area contributed by atoms with Crippen molar-refractivity contribution in [1.82, 2.24) is 0 Å². The molecular formula is C31H29NO5. The molecule has 37 heavy (non-hydrogen) atoms. The third kappa shape index (κ3) is 3.21. The first-order chi connectivity index (χ1) is 18.0. The molecule has 2 atom stereocenters. The minimum absolute atomic E-state index is 0.345. The molecule has 0 unspecified atom stereocenters. The topological polar surface area (TPSA) is 83.9 Å². The largest absolute Gasteiger partial charge is 0.494 e. The smallest absolute Gasteiger partial charge is 0.319 e. The Morgan fingerprint density at radius 3 is 2.08 bits per heavy atom. The van der Waals surface area contributed by atoms with Crippen LogP contribution in [-0.2, 0) is 19.8 Å². The van der Waals surface area contributed by atoms with Crippen molar-refractivity contribution >= 4 is 23.5 Å². The number of amides is 2. The number of aliphatic carboxylic acids is 1. The minimum Gasteiger partial charge on any atom is -0.494 e. The summed E-state index contributed by atoms with van der Waals surface area (Å²) in [5.74, 6) is -3.38. The SMILES string of the molecule is CCCCCCOc1ccc(N2C(=O)[C@@H]3C4c5ccccc5C(C(=O)O)(c5ccccc54)[C@H]3C2=O)cc1. The molecule has 0 saturated carbocycles. The standard InChI is InChI=1S/C31H29NO5/c1-2-3-4-9-18-37-20-16-14-19(15-17-20)32-28(33)26-25-21-10-5-7-12-23(21)31(30(35)36,27(26)29(32)34)24-13-8-6-11-22(24)25/h5-8,10-17,25-27H,2-4,9,18H2,1H3,(H,35,36)/t25?,26-,27-,31?/m1/s1. The Morgan fingerprint density at radius 1 is 0.865 bits per heavy atom. The Morgan fingerprint density at radius 2 is 1.49 bits per heavy atom. The summed E-state index contributed by atoms with van der Waals surface area (Å²) in [5.41, 5.74) is 1.69. The number of carboxylic acids is 1. The summed E-state index contributed by atoms with van der Waals surface area (Å²) < 4.78 is 5.83. The van der Waals surface area contributed by atoms with Gasteiger partial charge in [-0.05, 0) is 52.9 Å². The van der Waals surface area contributed by atoms with Gasteiger partial charge < -0.3 is 9.84 Å². The maximum atomic E-state index is 14.0. The predicted octanol–water partition coefficient (Wildman–Crippen LogP) is 5.28. The second-order valence-corrected chi connectivity index (χ2v) is 10.2. The maximum Gasteiger partial charge on any atom is 0.319 e. The van der Waals surface area contributed by atoms with Crippen molar-refractivity contribution in [2.45, 2.75) is 43.9 Å². The molecule has 188 valence electrons. The van der Waals surface area contributed by atoms with Gasteiger partial charge in [0.25, 0.3) is 0 Å². The molecule has 3 aromatic rings. The van der Waals surface area contributed by atoms with Gasteiger partial charge in [-0.15, -0.1) is 0 Å². The van der Waals surface area contributed by atoms with E-state index in [0.29, 0.717) is 29.2 Å². The van der Waals surface area contributed by atoms with Crippen molar-refractivity contribution in [2.24, 2.45) is 11.8 Å². The highest BCUT2D eigenvalue weighted by Gasteiger charge is 2.71. The zero-order chi connectivity index (χ0) is 25.7. The lowest BCUT2D eigenvalue weighted by Gasteiger charge is -2.51. The van der Waals surface area contributed by atoms with Gasteiger partial charge in [-0.1, -0.05) is 74.7 Å². The Hall–Kier alpha value is -3.93. The van der Waals surface area contributed by atoms with Crippen LogP contribution in [0.2, 0.25) is 0 Å². The lowest BCUT2D eigenvalue weighted by molar-refractivity contribution is -0.149. The van der Waals surface area contributed by atoms with Crippen molar-refractivity contribution in [3.05, 3.63) is 95.1 Å². The van der Waals surface area contributed by atoms with Crippen LogP contribution in [0.1, 0.15) is 60.8 Å². The number of anilines is 1. The van der Waals surface area contributed by atoms with Crippen LogP contribution in [0, 0.1) is 11.8 Å². The van der Waals surface area contributed by atoms with Gasteiger partial charge in [-0.2, -0.15) is 0 Å². The fourth-order valence-corrected chi connectivity index (χ4v) is 6.80. The van der Waals surface area contributed by atoms with Crippen LogP contribution in [0.4, 0.5) is 5.69 Å². The van der Waals surface area contributed by atoms with Gasteiger partial charge in [0.1, 0.15) is 11.2 Å².